The number of hydrogen-bond acceptors (Lipinski definition) is 4. The van der Waals surface area contributed by atoms with Crippen molar-refractivity contribution < 1.29 is 58.6 Å². The van der Waals surface area contributed by atoms with Crippen molar-refractivity contribution in [1.29, 1.82) is 0 Å². The summed E-state index contributed by atoms with van der Waals surface area (Å²) in [6, 6.07) is 0. The zero-order valence-electron chi connectivity index (χ0n) is 15.8. The summed E-state index contributed by atoms with van der Waals surface area (Å²) in [6.45, 7) is 3.53. The van der Waals surface area contributed by atoms with Crippen LogP contribution in [-0.4, -0.2) is 49.1 Å². The van der Waals surface area contributed by atoms with Crippen molar-refractivity contribution in [2.45, 2.75) is 70.4 Å². The lowest BCUT2D eigenvalue weighted by atomic mass is 9.91. The Morgan fingerprint density at radius 3 is 1.55 bits per heavy atom. The van der Waals surface area contributed by atoms with Gasteiger partial charge in [0.25, 0.3) is 0 Å². The molecule has 0 bridgehead atoms. The molecule has 0 aromatic carbocycles. The van der Waals surface area contributed by atoms with Gasteiger partial charge in [-0.05, 0) is 11.8 Å². The van der Waals surface area contributed by atoms with E-state index in [1.807, 2.05) is 20.8 Å². The van der Waals surface area contributed by atoms with Gasteiger partial charge in [-0.3, -0.25) is 9.59 Å². The highest BCUT2D eigenvalue weighted by atomic mass is 19.4. The van der Waals surface area contributed by atoms with E-state index in [0.29, 0.717) is 6.42 Å². The van der Waals surface area contributed by atoms with E-state index < -0.39 is 61.9 Å². The molecule has 0 aliphatic carbocycles. The van der Waals surface area contributed by atoms with Gasteiger partial charge in [0.2, 0.25) is 0 Å². The Bertz CT molecular complexity index is 566. The number of hydrogen-bond donors (Lipinski definition) is 0. The summed E-state index contributed by atoms with van der Waals surface area (Å²) in [5, 5.41) is 0. The van der Waals surface area contributed by atoms with Gasteiger partial charge in [-0.15, -0.1) is 0 Å². The van der Waals surface area contributed by atoms with Gasteiger partial charge >= 0.3 is 35.9 Å². The van der Waals surface area contributed by atoms with E-state index in [-0.39, 0.29) is 11.8 Å². The van der Waals surface area contributed by atoms with Crippen molar-refractivity contribution in [2.75, 3.05) is 13.2 Å². The lowest BCUT2D eigenvalue weighted by Gasteiger charge is -2.33. The Morgan fingerprint density at radius 1 is 0.655 bits per heavy atom. The first-order valence-corrected chi connectivity index (χ1v) is 8.26. The quantitative estimate of drug-likeness (QED) is 0.343. The Balaban J connectivity index is 4.47. The number of halogens is 9. The number of carbonyl (C=O) groups excluding carboxylic acids is 2. The SMILES string of the molecule is CC(C)(C)CCC(=O)OCCC(=O)OCCC(F)(F)C(F)(F)C(F)(F)C(F)(F)F. The molecule has 4 nitrogen and oxygen atoms in total. The van der Waals surface area contributed by atoms with Crippen molar-refractivity contribution in [2.24, 2.45) is 5.41 Å². The fourth-order valence-electron chi connectivity index (χ4n) is 1.73. The Labute approximate surface area is 160 Å². The second-order valence-corrected chi connectivity index (χ2v) is 7.35. The van der Waals surface area contributed by atoms with Crippen LogP contribution in [0.15, 0.2) is 0 Å². The molecule has 0 aromatic heterocycles. The van der Waals surface area contributed by atoms with Crippen LogP contribution in [0.1, 0.15) is 46.5 Å². The van der Waals surface area contributed by atoms with Crippen LogP contribution in [0.5, 0.6) is 0 Å². The van der Waals surface area contributed by atoms with E-state index in [1.54, 1.807) is 0 Å². The maximum absolute atomic E-state index is 13.2. The zero-order chi connectivity index (χ0) is 23.3. The summed E-state index contributed by atoms with van der Waals surface area (Å²) in [5.74, 6) is -21.5. The monoisotopic (exact) mass is 448 g/mol. The van der Waals surface area contributed by atoms with E-state index in [9.17, 15) is 49.1 Å². The molecule has 0 N–H and O–H groups in total. The number of alkyl halides is 9. The summed E-state index contributed by atoms with van der Waals surface area (Å²) < 4.78 is 122. The maximum Gasteiger partial charge on any atom is 0.460 e. The molecule has 0 fully saturated rings. The van der Waals surface area contributed by atoms with E-state index in [1.165, 1.54) is 0 Å². The molecule has 0 aromatic rings. The van der Waals surface area contributed by atoms with E-state index in [2.05, 4.69) is 9.47 Å². The number of esters is 2. The van der Waals surface area contributed by atoms with Gasteiger partial charge in [0, 0.05) is 6.42 Å². The standard InChI is InChI=1S/C16H21F9O4/c1-12(2,3)6-4-10(26)28-8-5-11(27)29-9-7-13(17,18)14(19,20)15(21,22)16(23,24)25/h4-9H2,1-3H3. The molecule has 13 heteroatoms. The summed E-state index contributed by atoms with van der Waals surface area (Å²) in [7, 11) is 0. The molecule has 29 heavy (non-hydrogen) atoms. The summed E-state index contributed by atoms with van der Waals surface area (Å²) in [5.41, 5.74) is -0.159. The predicted octanol–water partition coefficient (Wildman–Crippen LogP) is 5.15. The number of ether oxygens (including phenoxy) is 2. The molecule has 0 saturated heterocycles. The smallest absolute Gasteiger partial charge is 0.460 e. The topological polar surface area (TPSA) is 52.6 Å². The largest absolute Gasteiger partial charge is 0.465 e. The third-order valence-electron chi connectivity index (χ3n) is 3.54. The molecular weight excluding hydrogens is 427 g/mol. The highest BCUT2D eigenvalue weighted by molar-refractivity contribution is 5.71. The molecule has 0 aliphatic heterocycles. The van der Waals surface area contributed by atoms with E-state index in [0.717, 1.165) is 0 Å². The summed E-state index contributed by atoms with van der Waals surface area (Å²) in [4.78, 5) is 22.6. The van der Waals surface area contributed by atoms with Crippen LogP contribution in [0.3, 0.4) is 0 Å². The fourth-order valence-corrected chi connectivity index (χ4v) is 1.73. The van der Waals surface area contributed by atoms with Crippen LogP contribution < -0.4 is 0 Å². The molecule has 0 atom stereocenters. The third kappa shape index (κ3) is 7.92. The van der Waals surface area contributed by atoms with Crippen molar-refractivity contribution >= 4 is 11.9 Å². The van der Waals surface area contributed by atoms with Crippen molar-refractivity contribution in [3.8, 4) is 0 Å². The normalized spacial score (nSPS) is 13.9. The Hall–Kier alpha value is -1.69. The van der Waals surface area contributed by atoms with E-state index in [4.69, 9.17) is 0 Å². The number of rotatable bonds is 10. The molecule has 0 unspecified atom stereocenters. The van der Waals surface area contributed by atoms with Crippen molar-refractivity contribution in [3.05, 3.63) is 0 Å². The van der Waals surface area contributed by atoms with Crippen LogP contribution >= 0.6 is 0 Å². The van der Waals surface area contributed by atoms with Gasteiger partial charge in [0.1, 0.15) is 6.61 Å². The van der Waals surface area contributed by atoms with Crippen molar-refractivity contribution in [1.82, 2.24) is 0 Å². The van der Waals surface area contributed by atoms with Crippen LogP contribution in [0.2, 0.25) is 0 Å². The molecule has 0 heterocycles. The van der Waals surface area contributed by atoms with Gasteiger partial charge < -0.3 is 9.47 Å². The van der Waals surface area contributed by atoms with Crippen molar-refractivity contribution in [3.63, 3.8) is 0 Å². The van der Waals surface area contributed by atoms with Gasteiger partial charge in [-0.2, -0.15) is 39.5 Å². The first-order valence-electron chi connectivity index (χ1n) is 8.26. The van der Waals surface area contributed by atoms with Gasteiger partial charge in [0.15, 0.2) is 0 Å². The Morgan fingerprint density at radius 2 is 1.10 bits per heavy atom. The summed E-state index contributed by atoms with van der Waals surface area (Å²) in [6.07, 6.45) is -9.33. The molecule has 0 saturated carbocycles. The maximum atomic E-state index is 13.2. The molecule has 0 amide bonds. The average Bonchev–Trinajstić information content (AvgIpc) is 2.50. The fraction of sp³-hybridized carbons (Fsp3) is 0.875. The van der Waals surface area contributed by atoms with Gasteiger partial charge in [0.05, 0.1) is 19.4 Å². The van der Waals surface area contributed by atoms with Crippen LogP contribution in [0.4, 0.5) is 39.5 Å². The highest BCUT2D eigenvalue weighted by Crippen LogP contribution is 2.53. The molecule has 0 radical (unpaired) electrons. The number of carbonyl (C=O) groups is 2. The van der Waals surface area contributed by atoms with Crippen LogP contribution in [0, 0.1) is 5.41 Å². The molecular formula is C16H21F9O4. The first kappa shape index (κ1) is 27.3. The molecule has 0 aliphatic rings. The Kier molecular flexibility index (Phi) is 8.87. The minimum atomic E-state index is -6.99. The lowest BCUT2D eigenvalue weighted by molar-refractivity contribution is -0.397. The molecule has 172 valence electrons. The first-order chi connectivity index (χ1) is 12.7. The highest BCUT2D eigenvalue weighted by Gasteiger charge is 2.81. The third-order valence-corrected chi connectivity index (χ3v) is 3.54. The van der Waals surface area contributed by atoms with Gasteiger partial charge in [-0.1, -0.05) is 20.8 Å². The molecule has 0 spiro atoms. The second kappa shape index (κ2) is 9.41. The lowest BCUT2D eigenvalue weighted by Crippen LogP contribution is -2.61. The zero-order valence-corrected chi connectivity index (χ0v) is 15.8. The molecule has 0 rings (SSSR count). The minimum Gasteiger partial charge on any atom is -0.465 e. The predicted molar refractivity (Wildman–Crippen MR) is 80.7 cm³/mol. The second-order valence-electron chi connectivity index (χ2n) is 7.35. The van der Waals surface area contributed by atoms with Gasteiger partial charge in [-0.25, -0.2) is 0 Å². The van der Waals surface area contributed by atoms with E-state index >= 15 is 0 Å². The average molecular weight is 448 g/mol. The summed E-state index contributed by atoms with van der Waals surface area (Å²) >= 11 is 0. The van der Waals surface area contributed by atoms with Crippen LogP contribution in [0.25, 0.3) is 0 Å². The minimum absolute atomic E-state index is 0.0350. The van der Waals surface area contributed by atoms with Crippen LogP contribution in [-0.2, 0) is 19.1 Å².